The fourth-order valence-electron chi connectivity index (χ4n) is 3.18. The van der Waals surface area contributed by atoms with Crippen molar-refractivity contribution in [3.8, 4) is 0 Å². The van der Waals surface area contributed by atoms with Gasteiger partial charge in [-0.05, 0) is 36.4 Å². The lowest BCUT2D eigenvalue weighted by atomic mass is 10.1. The first-order valence-corrected chi connectivity index (χ1v) is 8.31. The molecule has 1 saturated heterocycles. The molecule has 1 aliphatic rings. The number of anilines is 2. The number of carbonyl (C=O) groups excluding carboxylic acids is 1. The van der Waals surface area contributed by atoms with Crippen molar-refractivity contribution in [2.45, 2.75) is 12.8 Å². The quantitative estimate of drug-likeness (QED) is 0.791. The number of aromatic nitrogens is 1. The fraction of sp³-hybridized carbons (Fsp3) is 0.200. The Hall–Kier alpha value is -2.88. The van der Waals surface area contributed by atoms with E-state index in [2.05, 4.69) is 15.2 Å². The molecule has 0 unspecified atom stereocenters. The van der Waals surface area contributed by atoms with E-state index in [1.54, 1.807) is 6.20 Å². The average Bonchev–Trinajstić information content (AvgIpc) is 3.17. The molecule has 1 aliphatic heterocycles. The summed E-state index contributed by atoms with van der Waals surface area (Å²) in [6.45, 7) is 2.10. The van der Waals surface area contributed by atoms with Crippen LogP contribution in [0.1, 0.15) is 23.2 Å². The van der Waals surface area contributed by atoms with Gasteiger partial charge in [0.2, 0.25) is 0 Å². The third kappa shape index (κ3) is 2.83. The molecule has 0 radical (unpaired) electrons. The van der Waals surface area contributed by atoms with Gasteiger partial charge in [-0.15, -0.1) is 0 Å². The van der Waals surface area contributed by atoms with Gasteiger partial charge in [0.05, 0.1) is 5.56 Å². The van der Waals surface area contributed by atoms with Gasteiger partial charge in [0.25, 0.3) is 5.91 Å². The molecule has 0 spiro atoms. The predicted octanol–water partition coefficient (Wildman–Crippen LogP) is 4.09. The van der Waals surface area contributed by atoms with Gasteiger partial charge < -0.3 is 10.2 Å². The Morgan fingerprint density at radius 1 is 0.958 bits per heavy atom. The summed E-state index contributed by atoms with van der Waals surface area (Å²) in [5.41, 5.74) is 1.40. The van der Waals surface area contributed by atoms with Gasteiger partial charge in [0, 0.05) is 30.4 Å². The molecule has 0 aliphatic carbocycles. The van der Waals surface area contributed by atoms with Crippen LogP contribution < -0.4 is 10.2 Å². The van der Waals surface area contributed by atoms with Gasteiger partial charge in [0.1, 0.15) is 5.82 Å². The van der Waals surface area contributed by atoms with E-state index in [0.29, 0.717) is 5.56 Å². The molecule has 2 heterocycles. The molecule has 0 bridgehead atoms. The highest BCUT2D eigenvalue weighted by Gasteiger charge is 2.14. The second-order valence-electron chi connectivity index (χ2n) is 6.08. The Morgan fingerprint density at radius 2 is 1.75 bits per heavy atom. The van der Waals surface area contributed by atoms with Crippen LogP contribution in [0.5, 0.6) is 0 Å². The number of pyridine rings is 1. The fourth-order valence-corrected chi connectivity index (χ4v) is 3.18. The molecule has 4 rings (SSSR count). The third-order valence-electron chi connectivity index (χ3n) is 4.48. The van der Waals surface area contributed by atoms with E-state index in [-0.39, 0.29) is 5.91 Å². The van der Waals surface area contributed by atoms with Crippen LogP contribution in [0.4, 0.5) is 11.5 Å². The summed E-state index contributed by atoms with van der Waals surface area (Å²) in [5.74, 6) is 0.820. The molecule has 0 atom stereocenters. The van der Waals surface area contributed by atoms with Gasteiger partial charge >= 0.3 is 0 Å². The lowest BCUT2D eigenvalue weighted by Gasteiger charge is -2.16. The smallest absolute Gasteiger partial charge is 0.257 e. The van der Waals surface area contributed by atoms with E-state index in [1.807, 2.05) is 54.6 Å². The van der Waals surface area contributed by atoms with Crippen molar-refractivity contribution in [1.82, 2.24) is 4.98 Å². The minimum Gasteiger partial charge on any atom is -0.357 e. The van der Waals surface area contributed by atoms with Crippen molar-refractivity contribution in [2.75, 3.05) is 23.3 Å². The topological polar surface area (TPSA) is 45.2 Å². The highest BCUT2D eigenvalue weighted by atomic mass is 16.1. The second kappa shape index (κ2) is 6.32. The predicted molar refractivity (Wildman–Crippen MR) is 97.6 cm³/mol. The van der Waals surface area contributed by atoms with Crippen molar-refractivity contribution < 1.29 is 4.79 Å². The zero-order valence-corrected chi connectivity index (χ0v) is 13.4. The second-order valence-corrected chi connectivity index (χ2v) is 6.08. The molecular weight excluding hydrogens is 298 g/mol. The normalized spacial score (nSPS) is 14.1. The number of nitrogens with one attached hydrogen (secondary N) is 1. The van der Waals surface area contributed by atoms with E-state index in [1.165, 1.54) is 12.8 Å². The van der Waals surface area contributed by atoms with E-state index in [4.69, 9.17) is 0 Å². The molecule has 1 aromatic heterocycles. The summed E-state index contributed by atoms with van der Waals surface area (Å²) in [6.07, 6.45) is 4.09. The molecule has 0 saturated carbocycles. The molecule has 1 fully saturated rings. The van der Waals surface area contributed by atoms with Gasteiger partial charge in [-0.1, -0.05) is 36.4 Å². The lowest BCUT2D eigenvalue weighted by Crippen LogP contribution is -2.19. The van der Waals surface area contributed by atoms with Crippen molar-refractivity contribution in [1.29, 1.82) is 0 Å². The Balaban J connectivity index is 1.55. The van der Waals surface area contributed by atoms with Crippen LogP contribution in [0, 0.1) is 0 Å². The van der Waals surface area contributed by atoms with Crippen molar-refractivity contribution in [3.05, 3.63) is 66.4 Å². The van der Waals surface area contributed by atoms with Crippen LogP contribution in [-0.2, 0) is 0 Å². The number of hydrogen-bond acceptors (Lipinski definition) is 3. The lowest BCUT2D eigenvalue weighted by molar-refractivity contribution is 0.102. The van der Waals surface area contributed by atoms with Crippen molar-refractivity contribution in [3.63, 3.8) is 0 Å². The maximum absolute atomic E-state index is 12.5. The van der Waals surface area contributed by atoms with Gasteiger partial charge in [-0.25, -0.2) is 4.98 Å². The molecule has 24 heavy (non-hydrogen) atoms. The highest BCUT2D eigenvalue weighted by molar-refractivity contribution is 6.09. The van der Waals surface area contributed by atoms with Crippen LogP contribution in [0.15, 0.2) is 60.8 Å². The van der Waals surface area contributed by atoms with E-state index in [0.717, 1.165) is 35.4 Å². The summed E-state index contributed by atoms with van der Waals surface area (Å²) >= 11 is 0. The maximum atomic E-state index is 12.5. The van der Waals surface area contributed by atoms with Crippen molar-refractivity contribution in [2.24, 2.45) is 0 Å². The van der Waals surface area contributed by atoms with E-state index >= 15 is 0 Å². The summed E-state index contributed by atoms with van der Waals surface area (Å²) in [4.78, 5) is 19.2. The molecule has 2 aromatic carbocycles. The first kappa shape index (κ1) is 14.7. The molecule has 4 heteroatoms. The molecule has 1 N–H and O–H groups in total. The number of hydrogen-bond donors (Lipinski definition) is 1. The van der Waals surface area contributed by atoms with Crippen molar-refractivity contribution >= 4 is 28.2 Å². The molecule has 3 aromatic rings. The van der Waals surface area contributed by atoms with Gasteiger partial charge in [-0.2, -0.15) is 0 Å². The van der Waals surface area contributed by atoms with Crippen LogP contribution >= 0.6 is 0 Å². The first-order chi connectivity index (χ1) is 11.8. The number of carbonyl (C=O) groups is 1. The molecule has 120 valence electrons. The van der Waals surface area contributed by atoms with Crippen LogP contribution in [0.2, 0.25) is 0 Å². The third-order valence-corrected chi connectivity index (χ3v) is 4.48. The Morgan fingerprint density at radius 3 is 2.54 bits per heavy atom. The van der Waals surface area contributed by atoms with Gasteiger partial charge in [-0.3, -0.25) is 4.79 Å². The maximum Gasteiger partial charge on any atom is 0.257 e. The molecule has 4 nitrogen and oxygen atoms in total. The number of fused-ring (bicyclic) bond motifs is 1. The average molecular weight is 317 g/mol. The summed E-state index contributed by atoms with van der Waals surface area (Å²) in [7, 11) is 0. The van der Waals surface area contributed by atoms with Crippen LogP contribution in [0.25, 0.3) is 10.8 Å². The monoisotopic (exact) mass is 317 g/mol. The molecule has 1 amide bonds. The summed E-state index contributed by atoms with van der Waals surface area (Å²) in [5, 5.41) is 5.14. The highest BCUT2D eigenvalue weighted by Crippen LogP contribution is 2.24. The number of amides is 1. The summed E-state index contributed by atoms with van der Waals surface area (Å²) in [6, 6.07) is 17.7. The van der Waals surface area contributed by atoms with Gasteiger partial charge in [0.15, 0.2) is 0 Å². The minimum absolute atomic E-state index is 0.133. The van der Waals surface area contributed by atoms with E-state index < -0.39 is 0 Å². The first-order valence-electron chi connectivity index (χ1n) is 8.31. The number of nitrogens with zero attached hydrogens (tertiary/aromatic N) is 2. The largest absolute Gasteiger partial charge is 0.357 e. The zero-order valence-electron chi connectivity index (χ0n) is 13.4. The van der Waals surface area contributed by atoms with Crippen LogP contribution in [0.3, 0.4) is 0 Å². The Labute approximate surface area is 141 Å². The zero-order chi connectivity index (χ0) is 16.4. The van der Waals surface area contributed by atoms with E-state index in [9.17, 15) is 4.79 Å². The van der Waals surface area contributed by atoms with Crippen LogP contribution in [-0.4, -0.2) is 24.0 Å². The Kier molecular flexibility index (Phi) is 3.87. The number of rotatable bonds is 3. The Bertz CT molecular complexity index is 862. The SMILES string of the molecule is O=C(Nc1cccc2ccccc12)c1ccc(N2CCCC2)nc1. The summed E-state index contributed by atoms with van der Waals surface area (Å²) < 4.78 is 0. The number of benzene rings is 2. The standard InChI is InChI=1S/C20H19N3O/c24-20(16-10-11-19(21-14-16)23-12-3-4-13-23)22-18-9-5-7-15-6-1-2-8-17(15)18/h1-2,5-11,14H,3-4,12-13H2,(H,22,24). The molecular formula is C20H19N3O. The minimum atomic E-state index is -0.133.